The van der Waals surface area contributed by atoms with Gasteiger partial charge in [-0.25, -0.2) is 14.6 Å². The highest BCUT2D eigenvalue weighted by molar-refractivity contribution is 6.03. The zero-order chi connectivity index (χ0) is 28.7. The highest BCUT2D eigenvalue weighted by Crippen LogP contribution is 2.31. The number of nitrogens with zero attached hydrogens (tertiary/aromatic N) is 1. The van der Waals surface area contributed by atoms with Crippen molar-refractivity contribution in [3.63, 3.8) is 0 Å². The third kappa shape index (κ3) is 7.73. The van der Waals surface area contributed by atoms with Crippen LogP contribution in [0.3, 0.4) is 0 Å². The highest BCUT2D eigenvalue weighted by Gasteiger charge is 2.26. The summed E-state index contributed by atoms with van der Waals surface area (Å²) in [7, 11) is 0. The molecule has 10 heteroatoms. The van der Waals surface area contributed by atoms with Crippen molar-refractivity contribution in [3.05, 3.63) is 58.9 Å². The maximum Gasteiger partial charge on any atom is 0.360 e. The van der Waals surface area contributed by atoms with E-state index in [0.29, 0.717) is 30.0 Å². The summed E-state index contributed by atoms with van der Waals surface area (Å²) < 4.78 is 10.3. The second kappa shape index (κ2) is 13.1. The third-order valence-electron chi connectivity index (χ3n) is 6.38. The lowest BCUT2D eigenvalue weighted by Crippen LogP contribution is -2.27. The normalized spacial score (nSPS) is 13.5. The molecule has 208 valence electrons. The van der Waals surface area contributed by atoms with E-state index in [4.69, 9.17) is 9.47 Å². The Kier molecular flexibility index (Phi) is 9.95. The van der Waals surface area contributed by atoms with Crippen LogP contribution in [0.4, 0.5) is 0 Å². The van der Waals surface area contributed by atoms with Gasteiger partial charge in [-0.15, -0.1) is 0 Å². The summed E-state index contributed by atoms with van der Waals surface area (Å²) in [5.41, 5.74) is 0.384. The van der Waals surface area contributed by atoms with Gasteiger partial charge in [0.15, 0.2) is 5.69 Å². The van der Waals surface area contributed by atoms with Gasteiger partial charge in [0.05, 0.1) is 18.1 Å². The number of carbonyl (C=O) groups excluding carboxylic acids is 3. The molecule has 0 radical (unpaired) electrons. The van der Waals surface area contributed by atoms with E-state index < -0.39 is 43.1 Å². The lowest BCUT2D eigenvalue weighted by Gasteiger charge is -2.16. The van der Waals surface area contributed by atoms with Crippen LogP contribution >= 0.6 is 0 Å². The van der Waals surface area contributed by atoms with Crippen molar-refractivity contribution in [2.45, 2.75) is 46.6 Å². The van der Waals surface area contributed by atoms with E-state index in [1.54, 1.807) is 6.92 Å². The average Bonchev–Trinajstić information content (AvgIpc) is 3.74. The number of aromatic nitrogens is 1. The molecular weight excluding hydrogens is 504 g/mol. The largest absolute Gasteiger partial charge is 0.478 e. The summed E-state index contributed by atoms with van der Waals surface area (Å²) in [6.07, 6.45) is 4.08. The number of amides is 1. The first-order chi connectivity index (χ1) is 18.5. The van der Waals surface area contributed by atoms with Crippen molar-refractivity contribution in [2.24, 2.45) is 17.8 Å². The molecule has 1 aromatic heterocycles. The lowest BCUT2D eigenvalue weighted by atomic mass is 9.92. The number of nitrogens with one attached hydrogen (secondary N) is 1. The predicted molar refractivity (Wildman–Crippen MR) is 143 cm³/mol. The van der Waals surface area contributed by atoms with E-state index in [9.17, 15) is 29.4 Å². The summed E-state index contributed by atoms with van der Waals surface area (Å²) in [6, 6.07) is 5.55. The molecule has 0 aliphatic heterocycles. The summed E-state index contributed by atoms with van der Waals surface area (Å²) >= 11 is 0. The number of carboxylic acids is 1. The Hall–Kier alpha value is -4.05. The molecule has 1 fully saturated rings. The van der Waals surface area contributed by atoms with Crippen molar-refractivity contribution in [1.82, 2.24) is 10.3 Å². The number of aliphatic hydroxyl groups excluding tert-OH is 1. The maximum atomic E-state index is 13.2. The number of hydrogen-bond acceptors (Lipinski definition) is 8. The van der Waals surface area contributed by atoms with Crippen LogP contribution in [0.25, 0.3) is 17.2 Å². The maximum absolute atomic E-state index is 13.2. The van der Waals surface area contributed by atoms with E-state index in [1.807, 2.05) is 13.8 Å². The van der Waals surface area contributed by atoms with Gasteiger partial charge in [-0.2, -0.15) is 0 Å². The van der Waals surface area contributed by atoms with Crippen LogP contribution in [0.5, 0.6) is 0 Å². The Labute approximate surface area is 227 Å². The van der Waals surface area contributed by atoms with Gasteiger partial charge in [0, 0.05) is 12.1 Å². The second-order valence-electron chi connectivity index (χ2n) is 10.1. The van der Waals surface area contributed by atoms with Crippen molar-refractivity contribution in [2.75, 3.05) is 13.3 Å². The van der Waals surface area contributed by atoms with Crippen LogP contribution in [0, 0.1) is 17.8 Å². The van der Waals surface area contributed by atoms with Gasteiger partial charge in [-0.3, -0.25) is 9.59 Å². The summed E-state index contributed by atoms with van der Waals surface area (Å²) in [5.74, 6) is -3.02. The standard InChI is InChI=1S/C29H34N2O8/c1-5-19-11-23(27(34)35)22(12-20(19)14-32)21-8-9-24(26(33)30-13-18-6-7-18)31-25(21)29(37)39-15-38-28(36)17(4)10-16(2)3/h5,8-9,11-12,16-18,32H,1,6-7,10,13-15H2,2-4H3,(H,30,33)(H,34,35)/t17-/m0/s1. The molecule has 39 heavy (non-hydrogen) atoms. The minimum Gasteiger partial charge on any atom is -0.478 e. The van der Waals surface area contributed by atoms with E-state index in [-0.39, 0.29) is 34.0 Å². The van der Waals surface area contributed by atoms with Gasteiger partial charge in [-0.05, 0) is 72.1 Å². The van der Waals surface area contributed by atoms with Crippen LogP contribution in [-0.2, 0) is 20.9 Å². The SMILES string of the molecule is C=Cc1cc(C(=O)O)c(-c2ccc(C(=O)NCC3CC3)nc2C(=O)OCOC(=O)[C@@H](C)CC(C)C)cc1CO. The first-order valence-corrected chi connectivity index (χ1v) is 12.8. The molecule has 1 atom stereocenters. The number of ether oxygens (including phenoxy) is 2. The zero-order valence-corrected chi connectivity index (χ0v) is 22.4. The molecule has 1 aliphatic carbocycles. The van der Waals surface area contributed by atoms with E-state index >= 15 is 0 Å². The molecule has 1 amide bonds. The number of aromatic carboxylic acids is 1. The summed E-state index contributed by atoms with van der Waals surface area (Å²) in [5, 5.41) is 22.5. The molecule has 3 rings (SSSR count). The number of pyridine rings is 1. The van der Waals surface area contributed by atoms with E-state index in [0.717, 1.165) is 12.8 Å². The monoisotopic (exact) mass is 538 g/mol. The molecule has 0 bridgehead atoms. The molecule has 2 aromatic rings. The van der Waals surface area contributed by atoms with Crippen molar-refractivity contribution in [1.29, 1.82) is 0 Å². The van der Waals surface area contributed by atoms with Crippen LogP contribution in [-0.4, -0.2) is 52.3 Å². The van der Waals surface area contributed by atoms with Crippen LogP contribution in [0.15, 0.2) is 30.8 Å². The summed E-state index contributed by atoms with van der Waals surface area (Å²) in [6.45, 7) is 8.71. The van der Waals surface area contributed by atoms with Crippen molar-refractivity contribution < 1.29 is 38.9 Å². The number of aliphatic hydroxyl groups is 1. The number of carboxylic acid groups (broad SMARTS) is 1. The molecule has 0 unspecified atom stereocenters. The fraction of sp³-hybridized carbons (Fsp3) is 0.414. The molecule has 1 heterocycles. The van der Waals surface area contributed by atoms with Gasteiger partial charge < -0.3 is 25.0 Å². The topological polar surface area (TPSA) is 152 Å². The summed E-state index contributed by atoms with van der Waals surface area (Å²) in [4.78, 5) is 54.4. The van der Waals surface area contributed by atoms with Crippen molar-refractivity contribution in [3.8, 4) is 11.1 Å². The number of benzene rings is 1. The Morgan fingerprint density at radius 2 is 1.85 bits per heavy atom. The molecule has 1 saturated carbocycles. The quantitative estimate of drug-likeness (QED) is 0.253. The fourth-order valence-electron chi connectivity index (χ4n) is 4.15. The van der Waals surface area contributed by atoms with Gasteiger partial charge in [0.1, 0.15) is 5.69 Å². The Morgan fingerprint density at radius 3 is 2.44 bits per heavy atom. The van der Waals surface area contributed by atoms with Crippen molar-refractivity contribution >= 4 is 29.9 Å². The van der Waals surface area contributed by atoms with Crippen LogP contribution in [0.1, 0.15) is 82.5 Å². The molecule has 1 aliphatic rings. The smallest absolute Gasteiger partial charge is 0.360 e. The molecule has 3 N–H and O–H groups in total. The molecular formula is C29H34N2O8. The number of carbonyl (C=O) groups is 4. The lowest BCUT2D eigenvalue weighted by molar-refractivity contribution is -0.157. The fourth-order valence-corrected chi connectivity index (χ4v) is 4.15. The molecule has 1 aromatic carbocycles. The Morgan fingerprint density at radius 1 is 1.13 bits per heavy atom. The predicted octanol–water partition coefficient (Wildman–Crippen LogP) is 4.06. The third-order valence-corrected chi connectivity index (χ3v) is 6.38. The second-order valence-corrected chi connectivity index (χ2v) is 10.1. The van der Waals surface area contributed by atoms with E-state index in [2.05, 4.69) is 16.9 Å². The number of esters is 2. The minimum atomic E-state index is -1.28. The number of hydrogen-bond donors (Lipinski definition) is 3. The first kappa shape index (κ1) is 29.5. The Bertz CT molecular complexity index is 1270. The van der Waals surface area contributed by atoms with Crippen LogP contribution in [0.2, 0.25) is 0 Å². The van der Waals surface area contributed by atoms with Crippen LogP contribution < -0.4 is 5.32 Å². The van der Waals surface area contributed by atoms with E-state index in [1.165, 1.54) is 30.3 Å². The first-order valence-electron chi connectivity index (χ1n) is 12.8. The Balaban J connectivity index is 1.96. The molecule has 10 nitrogen and oxygen atoms in total. The zero-order valence-electron chi connectivity index (χ0n) is 22.4. The average molecular weight is 539 g/mol. The van der Waals surface area contributed by atoms with Gasteiger partial charge in [0.2, 0.25) is 6.79 Å². The minimum absolute atomic E-state index is 0.0594. The highest BCUT2D eigenvalue weighted by atomic mass is 16.7. The number of rotatable bonds is 13. The van der Waals surface area contributed by atoms with Gasteiger partial charge >= 0.3 is 17.9 Å². The van der Waals surface area contributed by atoms with Gasteiger partial charge in [-0.1, -0.05) is 33.4 Å². The van der Waals surface area contributed by atoms with Gasteiger partial charge in [0.25, 0.3) is 5.91 Å². The molecule has 0 spiro atoms. The molecule has 0 saturated heterocycles.